The van der Waals surface area contributed by atoms with E-state index in [2.05, 4.69) is 31.6 Å². The Morgan fingerprint density at radius 1 is 1.32 bits per heavy atom. The molecule has 1 saturated heterocycles. The van der Waals surface area contributed by atoms with Crippen molar-refractivity contribution in [1.29, 1.82) is 0 Å². The molecule has 2 aliphatic rings. The number of nitrogens with zero attached hydrogens (tertiary/aromatic N) is 5. The quantitative estimate of drug-likeness (QED) is 0.742. The zero-order valence-corrected chi connectivity index (χ0v) is 14.1. The van der Waals surface area contributed by atoms with Gasteiger partial charge in [0.2, 0.25) is 5.95 Å². The van der Waals surface area contributed by atoms with Crippen molar-refractivity contribution in [2.24, 2.45) is 0 Å². The van der Waals surface area contributed by atoms with E-state index in [1.807, 2.05) is 22.8 Å². The first-order valence-corrected chi connectivity index (χ1v) is 8.75. The van der Waals surface area contributed by atoms with Gasteiger partial charge >= 0.3 is 0 Å². The van der Waals surface area contributed by atoms with Crippen LogP contribution in [-0.2, 0) is 4.74 Å². The van der Waals surface area contributed by atoms with Gasteiger partial charge in [0, 0.05) is 44.1 Å². The molecule has 0 amide bonds. The fourth-order valence-electron chi connectivity index (χ4n) is 3.38. The van der Waals surface area contributed by atoms with Gasteiger partial charge in [-0.3, -0.25) is 5.10 Å². The summed E-state index contributed by atoms with van der Waals surface area (Å²) >= 11 is 0. The second kappa shape index (κ2) is 5.73. The molecule has 8 heteroatoms. The van der Waals surface area contributed by atoms with Crippen LogP contribution in [0.5, 0.6) is 0 Å². The fraction of sp³-hybridized carbons (Fsp3) is 0.471. The summed E-state index contributed by atoms with van der Waals surface area (Å²) in [4.78, 5) is 6.93. The average molecular weight is 339 g/mol. The molecule has 0 radical (unpaired) electrons. The van der Waals surface area contributed by atoms with E-state index in [1.54, 1.807) is 7.11 Å². The van der Waals surface area contributed by atoms with E-state index in [1.165, 1.54) is 18.5 Å². The van der Waals surface area contributed by atoms with Crippen LogP contribution >= 0.6 is 0 Å². The van der Waals surface area contributed by atoms with Crippen LogP contribution in [0, 0.1) is 0 Å². The molecule has 1 saturated carbocycles. The Kier molecular flexibility index (Phi) is 3.37. The maximum atomic E-state index is 5.46. The van der Waals surface area contributed by atoms with Crippen LogP contribution in [0.2, 0.25) is 0 Å². The van der Waals surface area contributed by atoms with E-state index in [0.29, 0.717) is 11.9 Å². The third-order valence-corrected chi connectivity index (χ3v) is 5.00. The molecule has 1 atom stereocenters. The van der Waals surface area contributed by atoms with Gasteiger partial charge in [0.1, 0.15) is 5.52 Å². The summed E-state index contributed by atoms with van der Waals surface area (Å²) in [6.45, 7) is 1.72. The third kappa shape index (κ3) is 2.72. The molecule has 0 unspecified atom stereocenters. The smallest absolute Gasteiger partial charge is 0.245 e. The van der Waals surface area contributed by atoms with Gasteiger partial charge in [-0.1, -0.05) is 0 Å². The molecule has 3 aromatic rings. The topological polar surface area (TPSA) is 83.4 Å². The Labute approximate surface area is 145 Å². The van der Waals surface area contributed by atoms with Crippen molar-refractivity contribution in [2.45, 2.75) is 31.3 Å². The average Bonchev–Trinajstić information content (AvgIpc) is 3.06. The fourth-order valence-corrected chi connectivity index (χ4v) is 3.38. The summed E-state index contributed by atoms with van der Waals surface area (Å²) in [6.07, 6.45) is 5.68. The Morgan fingerprint density at radius 2 is 2.24 bits per heavy atom. The van der Waals surface area contributed by atoms with Gasteiger partial charge in [-0.15, -0.1) is 5.10 Å². The lowest BCUT2D eigenvalue weighted by molar-refractivity contribution is 0.121. The molecular weight excluding hydrogens is 318 g/mol. The van der Waals surface area contributed by atoms with Crippen LogP contribution in [0.3, 0.4) is 0 Å². The third-order valence-electron chi connectivity index (χ3n) is 5.00. The SMILES string of the molecule is CO[C@H]1CCN(c2nc(Nc3cc(C4CC4)[nH]n3)c3cccn3n2)C1. The number of H-pyrrole nitrogens is 1. The Balaban J connectivity index is 1.46. The van der Waals surface area contributed by atoms with Gasteiger partial charge < -0.3 is 15.0 Å². The molecule has 25 heavy (non-hydrogen) atoms. The summed E-state index contributed by atoms with van der Waals surface area (Å²) in [5.41, 5.74) is 2.13. The monoisotopic (exact) mass is 339 g/mol. The number of fused-ring (bicyclic) bond motifs is 1. The van der Waals surface area contributed by atoms with Crippen LogP contribution in [0.15, 0.2) is 24.4 Å². The Bertz CT molecular complexity index is 897. The molecule has 0 bridgehead atoms. The number of hydrogen-bond acceptors (Lipinski definition) is 6. The molecule has 3 aromatic heterocycles. The first kappa shape index (κ1) is 14.7. The van der Waals surface area contributed by atoms with E-state index in [-0.39, 0.29) is 6.10 Å². The zero-order valence-electron chi connectivity index (χ0n) is 14.1. The highest BCUT2D eigenvalue weighted by Gasteiger charge is 2.27. The van der Waals surface area contributed by atoms with Crippen LogP contribution < -0.4 is 10.2 Å². The minimum atomic E-state index is 0.243. The van der Waals surface area contributed by atoms with Crippen molar-refractivity contribution in [3.63, 3.8) is 0 Å². The molecule has 0 aromatic carbocycles. The van der Waals surface area contributed by atoms with E-state index in [4.69, 9.17) is 9.72 Å². The lowest BCUT2D eigenvalue weighted by Crippen LogP contribution is -2.25. The molecule has 130 valence electrons. The number of aromatic amines is 1. The largest absolute Gasteiger partial charge is 0.380 e. The molecular formula is C17H21N7O. The van der Waals surface area contributed by atoms with Crippen LogP contribution in [0.1, 0.15) is 30.9 Å². The van der Waals surface area contributed by atoms with E-state index in [0.717, 1.165) is 36.7 Å². The molecule has 5 rings (SSSR count). The van der Waals surface area contributed by atoms with Crippen molar-refractivity contribution in [3.8, 4) is 0 Å². The van der Waals surface area contributed by atoms with Crippen LogP contribution in [0.4, 0.5) is 17.6 Å². The maximum absolute atomic E-state index is 5.46. The highest BCUT2D eigenvalue weighted by Crippen LogP contribution is 2.39. The number of aromatic nitrogens is 5. The molecule has 0 spiro atoms. The number of rotatable bonds is 5. The Morgan fingerprint density at radius 3 is 3.04 bits per heavy atom. The first-order chi connectivity index (χ1) is 12.3. The van der Waals surface area contributed by atoms with Crippen LogP contribution in [-0.4, -0.2) is 51.1 Å². The van der Waals surface area contributed by atoms with Gasteiger partial charge in [-0.2, -0.15) is 10.1 Å². The minimum Gasteiger partial charge on any atom is -0.380 e. The normalized spacial score (nSPS) is 20.5. The first-order valence-electron chi connectivity index (χ1n) is 8.75. The summed E-state index contributed by atoms with van der Waals surface area (Å²) < 4.78 is 7.32. The highest BCUT2D eigenvalue weighted by atomic mass is 16.5. The molecule has 4 heterocycles. The Hall–Kier alpha value is -2.61. The molecule has 8 nitrogen and oxygen atoms in total. The second-order valence-corrected chi connectivity index (χ2v) is 6.80. The van der Waals surface area contributed by atoms with Crippen molar-refractivity contribution >= 4 is 23.1 Å². The summed E-state index contributed by atoms with van der Waals surface area (Å²) in [7, 11) is 1.76. The number of ether oxygens (including phenoxy) is 1. The summed E-state index contributed by atoms with van der Waals surface area (Å²) in [5.74, 6) is 2.92. The van der Waals surface area contributed by atoms with Crippen molar-refractivity contribution in [3.05, 3.63) is 30.1 Å². The predicted molar refractivity (Wildman–Crippen MR) is 94.5 cm³/mol. The minimum absolute atomic E-state index is 0.243. The lowest BCUT2D eigenvalue weighted by atomic mass is 10.3. The van der Waals surface area contributed by atoms with Crippen LogP contribution in [0.25, 0.3) is 5.52 Å². The van der Waals surface area contributed by atoms with Gasteiger partial charge in [0.05, 0.1) is 6.10 Å². The number of methoxy groups -OCH3 is 1. The molecule has 2 fully saturated rings. The highest BCUT2D eigenvalue weighted by molar-refractivity contribution is 5.73. The second-order valence-electron chi connectivity index (χ2n) is 6.80. The number of anilines is 3. The summed E-state index contributed by atoms with van der Waals surface area (Å²) in [6, 6.07) is 6.05. The van der Waals surface area contributed by atoms with Crippen molar-refractivity contribution in [2.75, 3.05) is 30.4 Å². The van der Waals surface area contributed by atoms with Crippen molar-refractivity contribution < 1.29 is 4.74 Å². The number of nitrogens with one attached hydrogen (secondary N) is 2. The molecule has 1 aliphatic heterocycles. The van der Waals surface area contributed by atoms with E-state index < -0.39 is 0 Å². The van der Waals surface area contributed by atoms with Gasteiger partial charge in [-0.05, 0) is 31.4 Å². The molecule has 2 N–H and O–H groups in total. The zero-order chi connectivity index (χ0) is 16.8. The maximum Gasteiger partial charge on any atom is 0.245 e. The van der Waals surface area contributed by atoms with E-state index in [9.17, 15) is 0 Å². The molecule has 1 aliphatic carbocycles. The van der Waals surface area contributed by atoms with Gasteiger partial charge in [0.15, 0.2) is 11.6 Å². The predicted octanol–water partition coefficient (Wildman–Crippen LogP) is 2.30. The number of hydrogen-bond donors (Lipinski definition) is 2. The van der Waals surface area contributed by atoms with Gasteiger partial charge in [0.25, 0.3) is 0 Å². The summed E-state index contributed by atoms with van der Waals surface area (Å²) in [5, 5.41) is 15.5. The van der Waals surface area contributed by atoms with Gasteiger partial charge in [-0.25, -0.2) is 4.52 Å². The lowest BCUT2D eigenvalue weighted by Gasteiger charge is -2.17. The standard InChI is InChI=1S/C17H21N7O/c1-25-12-6-8-23(10-12)17-19-16(14-3-2-7-24(14)22-17)18-15-9-13(20-21-15)11-4-5-11/h2-3,7,9,11-12H,4-6,8,10H2,1H3,(H2,18,19,20,21,22)/t12-/m0/s1. The van der Waals surface area contributed by atoms with E-state index >= 15 is 0 Å². The van der Waals surface area contributed by atoms with Crippen molar-refractivity contribution in [1.82, 2.24) is 24.8 Å².